The van der Waals surface area contributed by atoms with Gasteiger partial charge in [-0.05, 0) is 26.8 Å². The highest BCUT2D eigenvalue weighted by atomic mass is 16.4. The lowest BCUT2D eigenvalue weighted by Gasteiger charge is -2.35. The number of aromatic hydroxyl groups is 1. The van der Waals surface area contributed by atoms with E-state index in [1.807, 2.05) is 20.8 Å². The SMILES string of the molecule is CC(C)(C)N(CCC(=O)O)C(=O)c1cncc(O)c1. The molecule has 0 unspecified atom stereocenters. The van der Waals surface area contributed by atoms with Crippen LogP contribution >= 0.6 is 0 Å². The van der Waals surface area contributed by atoms with Crippen molar-refractivity contribution in [3.63, 3.8) is 0 Å². The van der Waals surface area contributed by atoms with E-state index >= 15 is 0 Å². The monoisotopic (exact) mass is 266 g/mol. The maximum Gasteiger partial charge on any atom is 0.305 e. The maximum absolute atomic E-state index is 12.3. The van der Waals surface area contributed by atoms with E-state index < -0.39 is 11.5 Å². The van der Waals surface area contributed by atoms with Crippen molar-refractivity contribution >= 4 is 11.9 Å². The second kappa shape index (κ2) is 5.69. The van der Waals surface area contributed by atoms with Crippen LogP contribution in [0.4, 0.5) is 0 Å². The summed E-state index contributed by atoms with van der Waals surface area (Å²) in [5.74, 6) is -1.41. The van der Waals surface area contributed by atoms with Crippen molar-refractivity contribution in [3.05, 3.63) is 24.0 Å². The standard InChI is InChI=1S/C13H18N2O4/c1-13(2,3)15(5-4-11(17)18)12(19)9-6-10(16)8-14-7-9/h6-8,16H,4-5H2,1-3H3,(H,17,18). The third-order valence-electron chi connectivity index (χ3n) is 2.57. The average molecular weight is 266 g/mol. The molecule has 104 valence electrons. The van der Waals surface area contributed by atoms with Gasteiger partial charge in [0.2, 0.25) is 0 Å². The summed E-state index contributed by atoms with van der Waals surface area (Å²) in [7, 11) is 0. The van der Waals surface area contributed by atoms with E-state index in [1.165, 1.54) is 23.4 Å². The predicted octanol–water partition coefficient (Wildman–Crippen LogP) is 1.50. The van der Waals surface area contributed by atoms with Gasteiger partial charge in [-0.1, -0.05) is 0 Å². The van der Waals surface area contributed by atoms with E-state index in [9.17, 15) is 14.7 Å². The van der Waals surface area contributed by atoms with E-state index in [1.54, 1.807) is 0 Å². The number of rotatable bonds is 4. The van der Waals surface area contributed by atoms with Gasteiger partial charge in [0.05, 0.1) is 18.2 Å². The lowest BCUT2D eigenvalue weighted by atomic mass is 10.0. The van der Waals surface area contributed by atoms with Crippen LogP contribution in [-0.2, 0) is 4.79 Å². The fourth-order valence-corrected chi connectivity index (χ4v) is 1.65. The highest BCUT2D eigenvalue weighted by molar-refractivity contribution is 5.94. The van der Waals surface area contributed by atoms with Crippen LogP contribution in [0.1, 0.15) is 37.6 Å². The first-order valence-electron chi connectivity index (χ1n) is 5.89. The molecule has 0 aliphatic carbocycles. The van der Waals surface area contributed by atoms with Crippen molar-refractivity contribution in [2.24, 2.45) is 0 Å². The Morgan fingerprint density at radius 3 is 2.42 bits per heavy atom. The highest BCUT2D eigenvalue weighted by Gasteiger charge is 2.28. The minimum absolute atomic E-state index is 0.0991. The molecule has 0 aliphatic heterocycles. The summed E-state index contributed by atoms with van der Waals surface area (Å²) in [6, 6.07) is 1.31. The second-order valence-corrected chi connectivity index (χ2v) is 5.20. The zero-order valence-corrected chi connectivity index (χ0v) is 11.3. The van der Waals surface area contributed by atoms with E-state index in [-0.39, 0.29) is 30.2 Å². The van der Waals surface area contributed by atoms with Crippen molar-refractivity contribution in [2.75, 3.05) is 6.54 Å². The molecule has 0 fully saturated rings. The molecular weight excluding hydrogens is 248 g/mol. The molecule has 0 saturated carbocycles. The quantitative estimate of drug-likeness (QED) is 0.861. The van der Waals surface area contributed by atoms with Gasteiger partial charge in [-0.2, -0.15) is 0 Å². The molecule has 6 heteroatoms. The molecule has 0 bridgehead atoms. The molecule has 0 aromatic carbocycles. The van der Waals surface area contributed by atoms with E-state index in [2.05, 4.69) is 4.98 Å². The summed E-state index contributed by atoms with van der Waals surface area (Å²) < 4.78 is 0. The maximum atomic E-state index is 12.3. The van der Waals surface area contributed by atoms with Crippen LogP contribution in [0.3, 0.4) is 0 Å². The Morgan fingerprint density at radius 1 is 1.32 bits per heavy atom. The summed E-state index contributed by atoms with van der Waals surface area (Å²) in [5.41, 5.74) is -0.279. The van der Waals surface area contributed by atoms with Crippen LogP contribution in [-0.4, -0.2) is 44.1 Å². The average Bonchev–Trinajstić information content (AvgIpc) is 2.26. The van der Waals surface area contributed by atoms with Gasteiger partial charge in [0.1, 0.15) is 5.75 Å². The van der Waals surface area contributed by atoms with Crippen LogP contribution in [0.5, 0.6) is 5.75 Å². The van der Waals surface area contributed by atoms with Gasteiger partial charge in [-0.3, -0.25) is 14.6 Å². The van der Waals surface area contributed by atoms with E-state index in [4.69, 9.17) is 5.11 Å². The summed E-state index contributed by atoms with van der Waals surface area (Å²) >= 11 is 0. The predicted molar refractivity (Wildman–Crippen MR) is 68.9 cm³/mol. The number of carbonyl (C=O) groups is 2. The van der Waals surface area contributed by atoms with Gasteiger partial charge >= 0.3 is 5.97 Å². The Balaban J connectivity index is 2.97. The lowest BCUT2D eigenvalue weighted by molar-refractivity contribution is -0.137. The topological polar surface area (TPSA) is 90.7 Å². The summed E-state index contributed by atoms with van der Waals surface area (Å²) in [5, 5.41) is 18.1. The van der Waals surface area contributed by atoms with Crippen LogP contribution in [0.2, 0.25) is 0 Å². The zero-order chi connectivity index (χ0) is 14.6. The third kappa shape index (κ3) is 4.24. The van der Waals surface area contributed by atoms with Gasteiger partial charge in [0.25, 0.3) is 5.91 Å². The number of nitrogens with zero attached hydrogens (tertiary/aromatic N) is 2. The fourth-order valence-electron chi connectivity index (χ4n) is 1.65. The number of carboxylic acid groups (broad SMARTS) is 1. The van der Waals surface area contributed by atoms with Crippen LogP contribution in [0, 0.1) is 0 Å². The molecule has 19 heavy (non-hydrogen) atoms. The first kappa shape index (κ1) is 14.9. The smallest absolute Gasteiger partial charge is 0.305 e. The molecule has 1 heterocycles. The Bertz CT molecular complexity index is 480. The minimum Gasteiger partial charge on any atom is -0.506 e. The van der Waals surface area contributed by atoms with Gasteiger partial charge < -0.3 is 15.1 Å². The molecule has 1 rings (SSSR count). The molecule has 0 spiro atoms. The Hall–Kier alpha value is -2.11. The molecule has 2 N–H and O–H groups in total. The van der Waals surface area contributed by atoms with E-state index in [0.717, 1.165) is 0 Å². The number of aromatic nitrogens is 1. The number of pyridine rings is 1. The molecule has 1 aromatic rings. The first-order chi connectivity index (χ1) is 8.71. The number of carboxylic acids is 1. The number of amides is 1. The molecule has 0 saturated heterocycles. The number of hydrogen-bond donors (Lipinski definition) is 2. The van der Waals surface area contributed by atoms with Crippen LogP contribution in [0.25, 0.3) is 0 Å². The van der Waals surface area contributed by atoms with E-state index in [0.29, 0.717) is 0 Å². The molecule has 0 radical (unpaired) electrons. The molecule has 0 atom stereocenters. The van der Waals surface area contributed by atoms with Gasteiger partial charge in [0, 0.05) is 18.3 Å². The normalized spacial score (nSPS) is 11.1. The Kier molecular flexibility index (Phi) is 4.47. The largest absolute Gasteiger partial charge is 0.506 e. The van der Waals surface area contributed by atoms with Crippen molar-refractivity contribution in [3.8, 4) is 5.75 Å². The molecule has 1 aromatic heterocycles. The fraction of sp³-hybridized carbons (Fsp3) is 0.462. The van der Waals surface area contributed by atoms with Crippen molar-refractivity contribution in [2.45, 2.75) is 32.7 Å². The van der Waals surface area contributed by atoms with Crippen LogP contribution < -0.4 is 0 Å². The first-order valence-corrected chi connectivity index (χ1v) is 5.89. The summed E-state index contributed by atoms with van der Waals surface area (Å²) in [6.45, 7) is 5.57. The second-order valence-electron chi connectivity index (χ2n) is 5.20. The molecule has 1 amide bonds. The van der Waals surface area contributed by atoms with Gasteiger partial charge in [-0.15, -0.1) is 0 Å². The van der Waals surface area contributed by atoms with Crippen molar-refractivity contribution in [1.82, 2.24) is 9.88 Å². The minimum atomic E-state index is -0.962. The number of carbonyl (C=O) groups excluding carboxylic acids is 1. The Labute approximate surface area is 111 Å². The highest BCUT2D eigenvalue weighted by Crippen LogP contribution is 2.19. The zero-order valence-electron chi connectivity index (χ0n) is 11.3. The van der Waals surface area contributed by atoms with Gasteiger partial charge in [-0.25, -0.2) is 0 Å². The molecule has 6 nitrogen and oxygen atoms in total. The van der Waals surface area contributed by atoms with Crippen molar-refractivity contribution < 1.29 is 19.8 Å². The van der Waals surface area contributed by atoms with Crippen LogP contribution in [0.15, 0.2) is 18.5 Å². The Morgan fingerprint density at radius 2 is 1.95 bits per heavy atom. The van der Waals surface area contributed by atoms with Crippen molar-refractivity contribution in [1.29, 1.82) is 0 Å². The van der Waals surface area contributed by atoms with Gasteiger partial charge in [0.15, 0.2) is 0 Å². The lowest BCUT2D eigenvalue weighted by Crippen LogP contribution is -2.46. The molecular formula is C13H18N2O4. The summed E-state index contributed by atoms with van der Waals surface area (Å²) in [4.78, 5) is 28.2. The third-order valence-corrected chi connectivity index (χ3v) is 2.57. The molecule has 0 aliphatic rings. The number of hydrogen-bond acceptors (Lipinski definition) is 4. The number of aliphatic carboxylic acids is 1. The summed E-state index contributed by atoms with van der Waals surface area (Å²) in [6.07, 6.45) is 2.45.